The van der Waals surface area contributed by atoms with E-state index < -0.39 is 11.9 Å². The van der Waals surface area contributed by atoms with Gasteiger partial charge in [0.05, 0.1) is 12.2 Å². The molecule has 0 rings (SSSR count). The summed E-state index contributed by atoms with van der Waals surface area (Å²) in [5.74, 6) is -2.14. The molecule has 0 aliphatic heterocycles. The van der Waals surface area contributed by atoms with Crippen LogP contribution in [0.4, 0.5) is 0 Å². The molecule has 0 amide bonds. The van der Waals surface area contributed by atoms with Crippen molar-refractivity contribution in [2.24, 2.45) is 0 Å². The highest BCUT2D eigenvalue weighted by Gasteiger charge is 2.08. The molecule has 26 heavy (non-hydrogen) atoms. The molecule has 0 radical (unpaired) electrons. The summed E-state index contributed by atoms with van der Waals surface area (Å²) in [4.78, 5) is 42.1. The van der Waals surface area contributed by atoms with Crippen molar-refractivity contribution in [2.75, 3.05) is 0 Å². The molecular weight excluding hydrogens is 344 g/mol. The maximum atomic E-state index is 11.1. The Morgan fingerprint density at radius 2 is 0.885 bits per heavy atom. The summed E-state index contributed by atoms with van der Waals surface area (Å²) in [6.07, 6.45) is 2.94. The molecule has 0 fully saturated rings. The number of aliphatic carboxylic acids is 2. The van der Waals surface area contributed by atoms with Crippen molar-refractivity contribution in [1.82, 2.24) is 0 Å². The molecule has 8 nitrogen and oxygen atoms in total. The van der Waals surface area contributed by atoms with Crippen LogP contribution in [-0.4, -0.2) is 46.3 Å². The first kappa shape index (κ1) is 26.1. The van der Waals surface area contributed by atoms with Gasteiger partial charge in [-0.1, -0.05) is 0 Å². The highest BCUT2D eigenvalue weighted by molar-refractivity contribution is 5.70. The predicted molar refractivity (Wildman–Crippen MR) is 94.7 cm³/mol. The molecule has 152 valence electrons. The summed E-state index contributed by atoms with van der Waals surface area (Å²) in [6, 6.07) is 0. The monoisotopic (exact) mass is 376 g/mol. The van der Waals surface area contributed by atoms with Gasteiger partial charge in [-0.15, -0.1) is 0 Å². The third-order valence-electron chi connectivity index (χ3n) is 2.78. The average molecular weight is 376 g/mol. The lowest BCUT2D eigenvalue weighted by Gasteiger charge is -2.08. The van der Waals surface area contributed by atoms with Crippen molar-refractivity contribution >= 4 is 23.9 Å². The van der Waals surface area contributed by atoms with E-state index in [4.69, 9.17) is 19.7 Å². The summed E-state index contributed by atoms with van der Waals surface area (Å²) >= 11 is 0. The molecule has 0 saturated heterocycles. The van der Waals surface area contributed by atoms with Crippen LogP contribution >= 0.6 is 0 Å². The molecule has 0 heterocycles. The second kappa shape index (κ2) is 16.4. The van der Waals surface area contributed by atoms with Crippen molar-refractivity contribution in [2.45, 2.75) is 91.3 Å². The first-order valence-corrected chi connectivity index (χ1v) is 8.87. The van der Waals surface area contributed by atoms with Gasteiger partial charge in [0.1, 0.15) is 0 Å². The van der Waals surface area contributed by atoms with Gasteiger partial charge in [0, 0.05) is 25.7 Å². The molecule has 0 bridgehead atoms. The van der Waals surface area contributed by atoms with Gasteiger partial charge in [-0.25, -0.2) is 0 Å². The van der Waals surface area contributed by atoms with Crippen molar-refractivity contribution in [3.05, 3.63) is 0 Å². The topological polar surface area (TPSA) is 127 Å². The number of unbranched alkanes of at least 4 members (excludes halogenated alkanes) is 2. The lowest BCUT2D eigenvalue weighted by Crippen LogP contribution is -2.12. The average Bonchev–Trinajstić information content (AvgIpc) is 2.47. The Bertz CT molecular complexity index is 389. The standard InChI is InChI=1S/C12H22O4.C6H10O4/c1-9(2)15-11(13)7-5-6-8-12(14)16-10(3)4;7-5(8)3-1-2-4-6(9)10/h9-10H,5-8H2,1-4H3;1-4H2,(H,7,8)(H,9,10). The van der Waals surface area contributed by atoms with Crippen molar-refractivity contribution in [3.63, 3.8) is 0 Å². The molecule has 8 heteroatoms. The van der Waals surface area contributed by atoms with Gasteiger partial charge in [0.25, 0.3) is 0 Å². The van der Waals surface area contributed by atoms with Crippen LogP contribution in [0.25, 0.3) is 0 Å². The molecule has 2 N–H and O–H groups in total. The van der Waals surface area contributed by atoms with Gasteiger partial charge in [0.2, 0.25) is 0 Å². The van der Waals surface area contributed by atoms with Crippen LogP contribution in [0.15, 0.2) is 0 Å². The number of carboxylic acids is 2. The van der Waals surface area contributed by atoms with Gasteiger partial charge in [0.15, 0.2) is 0 Å². The van der Waals surface area contributed by atoms with Crippen LogP contribution in [0.2, 0.25) is 0 Å². The van der Waals surface area contributed by atoms with Crippen LogP contribution in [0.1, 0.15) is 79.1 Å². The Morgan fingerprint density at radius 3 is 1.12 bits per heavy atom. The smallest absolute Gasteiger partial charge is 0.306 e. The SMILES string of the molecule is CC(C)OC(=O)CCCCC(=O)OC(C)C.O=C(O)CCCCC(=O)O. The Hall–Kier alpha value is -2.12. The van der Waals surface area contributed by atoms with E-state index in [1.54, 1.807) is 0 Å². The summed E-state index contributed by atoms with van der Waals surface area (Å²) in [5.41, 5.74) is 0. The molecule has 0 aromatic carbocycles. The second-order valence-corrected chi connectivity index (χ2v) is 6.28. The first-order valence-electron chi connectivity index (χ1n) is 8.87. The van der Waals surface area contributed by atoms with Gasteiger partial charge in [-0.3, -0.25) is 19.2 Å². The normalized spacial score (nSPS) is 10.1. The molecule has 0 spiro atoms. The Balaban J connectivity index is 0. The Morgan fingerprint density at radius 1 is 0.615 bits per heavy atom. The zero-order valence-corrected chi connectivity index (χ0v) is 16.2. The van der Waals surface area contributed by atoms with E-state index in [0.717, 1.165) is 0 Å². The fraction of sp³-hybridized carbons (Fsp3) is 0.778. The maximum absolute atomic E-state index is 11.1. The minimum absolute atomic E-state index is 0.0628. The fourth-order valence-corrected chi connectivity index (χ4v) is 1.73. The third-order valence-corrected chi connectivity index (χ3v) is 2.78. The van der Waals surface area contributed by atoms with Crippen molar-refractivity contribution < 1.29 is 38.9 Å². The number of ether oxygens (including phenoxy) is 2. The van der Waals surface area contributed by atoms with E-state index in [9.17, 15) is 19.2 Å². The quantitative estimate of drug-likeness (QED) is 0.393. The van der Waals surface area contributed by atoms with E-state index in [1.165, 1.54) is 0 Å². The summed E-state index contributed by atoms with van der Waals surface area (Å²) < 4.78 is 9.93. The van der Waals surface area contributed by atoms with Crippen LogP contribution in [0.3, 0.4) is 0 Å². The van der Waals surface area contributed by atoms with Crippen LogP contribution in [-0.2, 0) is 28.7 Å². The zero-order valence-electron chi connectivity index (χ0n) is 16.2. The molecule has 0 aromatic rings. The molecular formula is C18H32O8. The minimum atomic E-state index is -0.870. The lowest BCUT2D eigenvalue weighted by molar-refractivity contribution is -0.149. The van der Waals surface area contributed by atoms with E-state index in [0.29, 0.717) is 38.5 Å². The Labute approximate surface area is 154 Å². The third kappa shape index (κ3) is 24.1. The van der Waals surface area contributed by atoms with Gasteiger partial charge in [-0.2, -0.15) is 0 Å². The number of rotatable bonds is 12. The van der Waals surface area contributed by atoms with Crippen molar-refractivity contribution in [1.29, 1.82) is 0 Å². The molecule has 0 atom stereocenters. The van der Waals surface area contributed by atoms with E-state index in [-0.39, 0.29) is 37.0 Å². The summed E-state index contributed by atoms with van der Waals surface area (Å²) in [5, 5.41) is 16.3. The minimum Gasteiger partial charge on any atom is -0.481 e. The largest absolute Gasteiger partial charge is 0.481 e. The number of carboxylic acid groups (broad SMARTS) is 2. The van der Waals surface area contributed by atoms with E-state index in [1.807, 2.05) is 27.7 Å². The highest BCUT2D eigenvalue weighted by atomic mass is 16.5. The van der Waals surface area contributed by atoms with Gasteiger partial charge in [-0.05, 0) is 53.4 Å². The van der Waals surface area contributed by atoms with E-state index in [2.05, 4.69) is 0 Å². The second-order valence-electron chi connectivity index (χ2n) is 6.28. The number of hydrogen-bond donors (Lipinski definition) is 2. The molecule has 0 unspecified atom stereocenters. The van der Waals surface area contributed by atoms with Crippen LogP contribution < -0.4 is 0 Å². The summed E-state index contributed by atoms with van der Waals surface area (Å²) in [6.45, 7) is 7.27. The maximum Gasteiger partial charge on any atom is 0.306 e. The first-order chi connectivity index (χ1) is 12.0. The lowest BCUT2D eigenvalue weighted by atomic mass is 10.2. The number of esters is 2. The molecule has 0 aliphatic carbocycles. The van der Waals surface area contributed by atoms with E-state index >= 15 is 0 Å². The molecule has 0 aromatic heterocycles. The van der Waals surface area contributed by atoms with Crippen LogP contribution in [0, 0.1) is 0 Å². The molecule has 0 saturated carbocycles. The number of carbonyl (C=O) groups excluding carboxylic acids is 2. The zero-order chi connectivity index (χ0) is 20.5. The number of hydrogen-bond acceptors (Lipinski definition) is 6. The fourth-order valence-electron chi connectivity index (χ4n) is 1.73. The predicted octanol–water partition coefficient (Wildman–Crippen LogP) is 3.17. The molecule has 0 aliphatic rings. The van der Waals surface area contributed by atoms with Gasteiger partial charge < -0.3 is 19.7 Å². The van der Waals surface area contributed by atoms with Crippen LogP contribution in [0.5, 0.6) is 0 Å². The van der Waals surface area contributed by atoms with Crippen molar-refractivity contribution in [3.8, 4) is 0 Å². The summed E-state index contributed by atoms with van der Waals surface area (Å²) in [7, 11) is 0. The highest BCUT2D eigenvalue weighted by Crippen LogP contribution is 2.05. The number of carbonyl (C=O) groups is 4. The van der Waals surface area contributed by atoms with Gasteiger partial charge >= 0.3 is 23.9 Å². The Kier molecular flexibility index (Phi) is 16.4.